The molecule has 1 aromatic carbocycles. The molecule has 1 amide bonds. The molecule has 150 valence electrons. The summed E-state index contributed by atoms with van der Waals surface area (Å²) < 4.78 is 34.6. The van der Waals surface area contributed by atoms with Crippen molar-refractivity contribution < 1.29 is 22.7 Å². The van der Waals surface area contributed by atoms with Crippen LogP contribution in [0.5, 0.6) is 11.5 Å². The van der Waals surface area contributed by atoms with Crippen molar-refractivity contribution in [3.05, 3.63) is 23.3 Å². The number of benzene rings is 1. The number of carbonyl (C=O) groups is 1. The normalized spacial score (nSPS) is 19.7. The Bertz CT molecular complexity index is 781. The number of rotatable bonds is 4. The predicted molar refractivity (Wildman–Crippen MR) is 103 cm³/mol. The van der Waals surface area contributed by atoms with Crippen molar-refractivity contribution in [2.24, 2.45) is 0 Å². The van der Waals surface area contributed by atoms with Crippen LogP contribution in [0.25, 0.3) is 0 Å². The van der Waals surface area contributed by atoms with Crippen LogP contribution >= 0.6 is 0 Å². The second kappa shape index (κ2) is 7.67. The van der Waals surface area contributed by atoms with E-state index in [1.54, 1.807) is 19.1 Å². The maximum Gasteiger partial charge on any atom is 0.244 e. The zero-order valence-electron chi connectivity index (χ0n) is 16.2. The van der Waals surface area contributed by atoms with E-state index in [-0.39, 0.29) is 5.91 Å². The number of hydrogen-bond acceptors (Lipinski definition) is 6. The van der Waals surface area contributed by atoms with Gasteiger partial charge in [0.2, 0.25) is 5.91 Å². The molecule has 0 aromatic heterocycles. The van der Waals surface area contributed by atoms with Crippen molar-refractivity contribution >= 4 is 15.7 Å². The van der Waals surface area contributed by atoms with Crippen LogP contribution in [-0.4, -0.2) is 70.6 Å². The first kappa shape index (κ1) is 19.9. The van der Waals surface area contributed by atoms with E-state index in [1.165, 1.54) is 6.26 Å². The maximum atomic E-state index is 13.3. The van der Waals surface area contributed by atoms with Crippen molar-refractivity contribution in [1.29, 1.82) is 0 Å². The van der Waals surface area contributed by atoms with Gasteiger partial charge in [0.05, 0.1) is 14.2 Å². The van der Waals surface area contributed by atoms with Crippen LogP contribution in [0.1, 0.15) is 24.0 Å². The molecule has 1 aromatic rings. The summed E-state index contributed by atoms with van der Waals surface area (Å²) in [5.41, 5.74) is 2.23. The van der Waals surface area contributed by atoms with Gasteiger partial charge in [0.25, 0.3) is 0 Å². The van der Waals surface area contributed by atoms with Gasteiger partial charge in [-0.3, -0.25) is 4.79 Å². The van der Waals surface area contributed by atoms with Gasteiger partial charge in [0.15, 0.2) is 26.1 Å². The third-order valence-electron chi connectivity index (χ3n) is 5.81. The summed E-state index contributed by atoms with van der Waals surface area (Å²) >= 11 is 0. The first-order valence-electron chi connectivity index (χ1n) is 9.26. The predicted octanol–water partition coefficient (Wildman–Crippen LogP) is 0.798. The topological polar surface area (TPSA) is 84.9 Å². The largest absolute Gasteiger partial charge is 0.493 e. The van der Waals surface area contributed by atoms with Crippen LogP contribution in [0.15, 0.2) is 12.1 Å². The highest BCUT2D eigenvalue weighted by molar-refractivity contribution is 7.92. The molecule has 0 radical (unpaired) electrons. The van der Waals surface area contributed by atoms with Crippen molar-refractivity contribution in [2.45, 2.75) is 30.4 Å². The molecule has 3 rings (SSSR count). The monoisotopic (exact) mass is 396 g/mol. The number of nitrogens with one attached hydrogen (secondary N) is 1. The molecule has 2 aliphatic rings. The Morgan fingerprint density at radius 1 is 1.04 bits per heavy atom. The van der Waals surface area contributed by atoms with Gasteiger partial charge in [-0.15, -0.1) is 0 Å². The first-order valence-corrected chi connectivity index (χ1v) is 11.1. The summed E-state index contributed by atoms with van der Waals surface area (Å²) in [6.07, 6.45) is 3.18. The van der Waals surface area contributed by atoms with Gasteiger partial charge < -0.3 is 19.7 Å². The van der Waals surface area contributed by atoms with E-state index >= 15 is 0 Å². The van der Waals surface area contributed by atoms with Crippen LogP contribution in [0.2, 0.25) is 0 Å². The molecule has 0 unspecified atom stereocenters. The van der Waals surface area contributed by atoms with E-state index in [1.807, 2.05) is 12.1 Å². The Labute approximate surface area is 160 Å². The Balaban J connectivity index is 1.86. The zero-order chi connectivity index (χ0) is 19.7. The number of ether oxygens (including phenoxy) is 2. The molecule has 1 saturated heterocycles. The van der Waals surface area contributed by atoms with Crippen molar-refractivity contribution in [3.63, 3.8) is 0 Å². The van der Waals surface area contributed by atoms with Crippen LogP contribution in [0, 0.1) is 0 Å². The van der Waals surface area contributed by atoms with Crippen molar-refractivity contribution in [3.8, 4) is 11.5 Å². The lowest BCUT2D eigenvalue weighted by atomic mass is 9.95. The Morgan fingerprint density at radius 2 is 1.52 bits per heavy atom. The molecule has 2 aliphatic heterocycles. The molecule has 1 N–H and O–H groups in total. The molecule has 2 heterocycles. The van der Waals surface area contributed by atoms with E-state index in [2.05, 4.69) is 5.32 Å². The summed E-state index contributed by atoms with van der Waals surface area (Å²) in [5.74, 6) is 1.09. The average Bonchev–Trinajstić information content (AvgIpc) is 2.87. The van der Waals surface area contributed by atoms with E-state index in [9.17, 15) is 13.2 Å². The number of piperidine rings is 1. The fraction of sp³-hybridized carbons (Fsp3) is 0.632. The lowest BCUT2D eigenvalue weighted by Gasteiger charge is -2.38. The number of fused-ring (bicyclic) bond motifs is 1. The SMILES string of the molecule is COc1cc2c(cc1OC)CCN(C(=O)C1(S(C)(=O)=O)CCNCC1)CC2. The molecule has 0 aliphatic carbocycles. The molecule has 8 heteroatoms. The Kier molecular flexibility index (Phi) is 5.67. The van der Waals surface area contributed by atoms with Crippen LogP contribution in [0.3, 0.4) is 0 Å². The minimum Gasteiger partial charge on any atom is -0.493 e. The van der Waals surface area contributed by atoms with Gasteiger partial charge in [-0.1, -0.05) is 0 Å². The third kappa shape index (κ3) is 3.65. The zero-order valence-corrected chi connectivity index (χ0v) is 17.0. The maximum absolute atomic E-state index is 13.3. The van der Waals surface area contributed by atoms with Crippen LogP contribution in [0.4, 0.5) is 0 Å². The molecule has 27 heavy (non-hydrogen) atoms. The lowest BCUT2D eigenvalue weighted by molar-refractivity contribution is -0.134. The molecular weight excluding hydrogens is 368 g/mol. The molecule has 0 spiro atoms. The molecular formula is C19H28N2O5S. The Morgan fingerprint density at radius 3 is 1.93 bits per heavy atom. The Hall–Kier alpha value is -1.80. The number of sulfone groups is 1. The van der Waals surface area contributed by atoms with Gasteiger partial charge in [0, 0.05) is 19.3 Å². The highest BCUT2D eigenvalue weighted by Gasteiger charge is 2.50. The number of amides is 1. The summed E-state index contributed by atoms with van der Waals surface area (Å²) in [4.78, 5) is 15.1. The van der Waals surface area contributed by atoms with Crippen molar-refractivity contribution in [2.75, 3.05) is 46.7 Å². The fourth-order valence-corrected chi connectivity index (χ4v) is 5.51. The standard InChI is InChI=1S/C19H28N2O5S/c1-25-16-12-14-4-10-21(11-5-15(14)13-17(16)26-2)18(22)19(27(3,23)24)6-8-20-9-7-19/h12-13,20H,4-11H2,1-3H3. The molecule has 1 fully saturated rings. The summed E-state index contributed by atoms with van der Waals surface area (Å²) in [5, 5.41) is 3.16. The summed E-state index contributed by atoms with van der Waals surface area (Å²) in [7, 11) is -0.306. The van der Waals surface area contributed by atoms with E-state index in [0.717, 1.165) is 11.1 Å². The van der Waals surface area contributed by atoms with Gasteiger partial charge in [-0.25, -0.2) is 8.42 Å². The lowest BCUT2D eigenvalue weighted by Crippen LogP contribution is -2.58. The number of nitrogens with zero attached hydrogens (tertiary/aromatic N) is 1. The minimum atomic E-state index is -3.51. The highest BCUT2D eigenvalue weighted by atomic mass is 32.2. The van der Waals surface area contributed by atoms with Gasteiger partial charge in [0.1, 0.15) is 0 Å². The fourth-order valence-electron chi connectivity index (χ4n) is 4.12. The summed E-state index contributed by atoms with van der Waals surface area (Å²) in [6, 6.07) is 3.91. The number of methoxy groups -OCH3 is 2. The number of hydrogen-bond donors (Lipinski definition) is 1. The van der Waals surface area contributed by atoms with Crippen LogP contribution < -0.4 is 14.8 Å². The van der Waals surface area contributed by atoms with Gasteiger partial charge >= 0.3 is 0 Å². The van der Waals surface area contributed by atoms with E-state index in [0.29, 0.717) is 63.4 Å². The van der Waals surface area contributed by atoms with E-state index < -0.39 is 14.6 Å². The second-order valence-electron chi connectivity index (χ2n) is 7.28. The van der Waals surface area contributed by atoms with Crippen LogP contribution in [-0.2, 0) is 27.5 Å². The molecule has 7 nitrogen and oxygen atoms in total. The van der Waals surface area contributed by atoms with Gasteiger partial charge in [-0.2, -0.15) is 0 Å². The van der Waals surface area contributed by atoms with Gasteiger partial charge in [-0.05, 0) is 62.0 Å². The quantitative estimate of drug-likeness (QED) is 0.810. The van der Waals surface area contributed by atoms with Crippen molar-refractivity contribution in [1.82, 2.24) is 10.2 Å². The summed E-state index contributed by atoms with van der Waals surface area (Å²) in [6.45, 7) is 2.10. The molecule has 0 atom stereocenters. The molecule has 0 bridgehead atoms. The average molecular weight is 397 g/mol. The highest BCUT2D eigenvalue weighted by Crippen LogP contribution is 2.34. The third-order valence-corrected chi connectivity index (χ3v) is 7.81. The second-order valence-corrected chi connectivity index (χ2v) is 9.61. The number of carbonyl (C=O) groups excluding carboxylic acids is 1. The smallest absolute Gasteiger partial charge is 0.244 e. The first-order chi connectivity index (χ1) is 12.8. The minimum absolute atomic E-state index is 0.252. The van der Waals surface area contributed by atoms with E-state index in [4.69, 9.17) is 9.47 Å². The molecule has 0 saturated carbocycles.